The van der Waals surface area contributed by atoms with Crippen LogP contribution in [0.15, 0.2) is 35.7 Å². The van der Waals surface area contributed by atoms with E-state index in [0.29, 0.717) is 5.92 Å². The molecule has 0 amide bonds. The lowest BCUT2D eigenvalue weighted by molar-refractivity contribution is 0.143. The van der Waals surface area contributed by atoms with Gasteiger partial charge in [-0.1, -0.05) is 57.0 Å². The second kappa shape index (κ2) is 5.90. The van der Waals surface area contributed by atoms with E-state index in [-0.39, 0.29) is 5.54 Å². The van der Waals surface area contributed by atoms with Gasteiger partial charge in [-0.05, 0) is 18.3 Å². The van der Waals surface area contributed by atoms with Crippen LogP contribution in [0.3, 0.4) is 0 Å². The highest BCUT2D eigenvalue weighted by atomic mass is 32.1. The molecule has 1 aliphatic rings. The third-order valence-electron chi connectivity index (χ3n) is 5.16. The van der Waals surface area contributed by atoms with Crippen LogP contribution in [0.25, 0.3) is 11.3 Å². The van der Waals surface area contributed by atoms with Gasteiger partial charge >= 0.3 is 0 Å². The maximum atomic E-state index is 6.74. The molecule has 1 heterocycles. The van der Waals surface area contributed by atoms with Crippen LogP contribution in [0.5, 0.6) is 0 Å². The van der Waals surface area contributed by atoms with E-state index in [2.05, 4.69) is 43.5 Å². The average molecular weight is 300 g/mol. The van der Waals surface area contributed by atoms with Gasteiger partial charge < -0.3 is 5.73 Å². The zero-order chi connectivity index (χ0) is 14.9. The minimum Gasteiger partial charge on any atom is -0.324 e. The molecule has 1 aliphatic carbocycles. The number of aromatic nitrogens is 1. The summed E-state index contributed by atoms with van der Waals surface area (Å²) in [5.74, 6) is 1.28. The summed E-state index contributed by atoms with van der Waals surface area (Å²) in [6.07, 6.45) is 4.60. The van der Waals surface area contributed by atoms with Gasteiger partial charge in [0.25, 0.3) is 0 Å². The van der Waals surface area contributed by atoms with Crippen molar-refractivity contribution in [3.8, 4) is 11.3 Å². The van der Waals surface area contributed by atoms with Crippen molar-refractivity contribution >= 4 is 11.3 Å². The number of hydrogen-bond acceptors (Lipinski definition) is 3. The van der Waals surface area contributed by atoms with Gasteiger partial charge in [0.15, 0.2) is 0 Å². The minimum absolute atomic E-state index is 0.0799. The molecule has 1 aromatic carbocycles. The third kappa shape index (κ3) is 3.04. The van der Waals surface area contributed by atoms with Crippen molar-refractivity contribution in [2.75, 3.05) is 0 Å². The fourth-order valence-corrected chi connectivity index (χ4v) is 4.40. The number of nitrogens with two attached hydrogens (primary N) is 1. The van der Waals surface area contributed by atoms with Crippen molar-refractivity contribution in [2.24, 2.45) is 17.6 Å². The number of benzene rings is 1. The van der Waals surface area contributed by atoms with E-state index >= 15 is 0 Å². The summed E-state index contributed by atoms with van der Waals surface area (Å²) in [5.41, 5.74) is 8.93. The van der Waals surface area contributed by atoms with Gasteiger partial charge in [0, 0.05) is 22.9 Å². The molecule has 0 bridgehead atoms. The highest BCUT2D eigenvalue weighted by Crippen LogP contribution is 2.38. The van der Waals surface area contributed by atoms with Crippen LogP contribution in [0.4, 0.5) is 0 Å². The summed E-state index contributed by atoms with van der Waals surface area (Å²) in [5, 5.41) is 3.34. The Labute approximate surface area is 131 Å². The van der Waals surface area contributed by atoms with Gasteiger partial charge in [0.1, 0.15) is 0 Å². The van der Waals surface area contributed by atoms with Gasteiger partial charge in [-0.15, -0.1) is 11.3 Å². The molecule has 21 heavy (non-hydrogen) atoms. The molecule has 1 saturated carbocycles. The van der Waals surface area contributed by atoms with Crippen molar-refractivity contribution < 1.29 is 0 Å². The normalized spacial score (nSPS) is 29.5. The summed E-state index contributed by atoms with van der Waals surface area (Å²) >= 11 is 1.75. The first-order valence-electron chi connectivity index (χ1n) is 7.87. The molecular formula is C18H24N2S. The molecule has 3 atom stereocenters. The molecule has 2 aromatic rings. The summed E-state index contributed by atoms with van der Waals surface area (Å²) < 4.78 is 0. The Bertz CT molecular complexity index is 592. The van der Waals surface area contributed by atoms with E-state index < -0.39 is 0 Å². The lowest BCUT2D eigenvalue weighted by Crippen LogP contribution is -2.52. The smallest absolute Gasteiger partial charge is 0.0951 e. The first kappa shape index (κ1) is 14.7. The average Bonchev–Trinajstić information content (AvgIpc) is 2.94. The molecule has 0 saturated heterocycles. The Hall–Kier alpha value is -1.19. The maximum Gasteiger partial charge on any atom is 0.0951 e. The maximum absolute atomic E-state index is 6.74. The monoisotopic (exact) mass is 300 g/mol. The second-order valence-corrected chi connectivity index (χ2v) is 7.50. The highest BCUT2D eigenvalue weighted by molar-refractivity contribution is 7.09. The first-order valence-corrected chi connectivity index (χ1v) is 8.75. The van der Waals surface area contributed by atoms with E-state index in [1.165, 1.54) is 23.4 Å². The summed E-state index contributed by atoms with van der Waals surface area (Å²) in [7, 11) is 0. The fourth-order valence-electron chi connectivity index (χ4n) is 3.46. The zero-order valence-electron chi connectivity index (χ0n) is 12.9. The van der Waals surface area contributed by atoms with E-state index in [1.54, 1.807) is 11.3 Å². The van der Waals surface area contributed by atoms with Crippen molar-refractivity contribution in [1.82, 2.24) is 4.98 Å². The number of hydrogen-bond donors (Lipinski definition) is 1. The summed E-state index contributed by atoms with van der Waals surface area (Å²) in [4.78, 5) is 4.82. The van der Waals surface area contributed by atoms with E-state index in [1.807, 2.05) is 6.07 Å². The van der Waals surface area contributed by atoms with Gasteiger partial charge in [-0.3, -0.25) is 0 Å². The Morgan fingerprint density at radius 3 is 2.81 bits per heavy atom. The van der Waals surface area contributed by atoms with Gasteiger partial charge in [0.05, 0.1) is 10.7 Å². The zero-order valence-corrected chi connectivity index (χ0v) is 13.7. The predicted octanol–water partition coefficient (Wildman–Crippen LogP) is 4.51. The van der Waals surface area contributed by atoms with Crippen LogP contribution in [-0.2, 0) is 6.42 Å². The minimum atomic E-state index is -0.0799. The molecule has 0 aliphatic heterocycles. The van der Waals surface area contributed by atoms with E-state index in [9.17, 15) is 0 Å². The highest BCUT2D eigenvalue weighted by Gasteiger charge is 2.38. The lowest BCUT2D eigenvalue weighted by atomic mass is 9.67. The molecule has 1 aromatic heterocycles. The number of rotatable bonds is 3. The van der Waals surface area contributed by atoms with Gasteiger partial charge in [-0.25, -0.2) is 4.98 Å². The van der Waals surface area contributed by atoms with Gasteiger partial charge in [0.2, 0.25) is 0 Å². The summed E-state index contributed by atoms with van der Waals surface area (Å²) in [6, 6.07) is 10.4. The Kier molecular flexibility index (Phi) is 4.14. The largest absolute Gasteiger partial charge is 0.324 e. The van der Waals surface area contributed by atoms with Crippen LogP contribution < -0.4 is 5.73 Å². The lowest BCUT2D eigenvalue weighted by Gasteiger charge is -2.43. The number of thiazole rings is 1. The van der Waals surface area contributed by atoms with Crippen molar-refractivity contribution in [1.29, 1.82) is 0 Å². The fraction of sp³-hybridized carbons (Fsp3) is 0.500. The molecule has 2 N–H and O–H groups in total. The first-order chi connectivity index (χ1) is 10.1. The summed E-state index contributed by atoms with van der Waals surface area (Å²) in [6.45, 7) is 4.65. The van der Waals surface area contributed by atoms with Crippen molar-refractivity contribution in [2.45, 2.75) is 45.1 Å². The SMILES string of the molecule is CC1CCCC(N)(Cc2nc(-c3ccccc3)cs2)C1C. The molecule has 0 spiro atoms. The van der Waals surface area contributed by atoms with Crippen LogP contribution in [0.1, 0.15) is 38.1 Å². The molecule has 112 valence electrons. The second-order valence-electron chi connectivity index (χ2n) is 6.56. The molecule has 3 rings (SSSR count). The molecule has 3 unspecified atom stereocenters. The topological polar surface area (TPSA) is 38.9 Å². The van der Waals surface area contributed by atoms with Gasteiger partial charge in [-0.2, -0.15) is 0 Å². The molecule has 2 nitrogen and oxygen atoms in total. The Morgan fingerprint density at radius 2 is 2.05 bits per heavy atom. The molecule has 3 heteroatoms. The van der Waals surface area contributed by atoms with Crippen LogP contribution >= 0.6 is 11.3 Å². The Morgan fingerprint density at radius 1 is 1.29 bits per heavy atom. The number of nitrogens with zero attached hydrogens (tertiary/aromatic N) is 1. The standard InChI is InChI=1S/C18H24N2S/c1-13-7-6-10-18(19,14(13)2)11-17-20-16(12-21-17)15-8-4-3-5-9-15/h3-5,8-9,12-14H,6-7,10-11,19H2,1-2H3. The van der Waals surface area contributed by atoms with E-state index in [0.717, 1.165) is 24.5 Å². The molecule has 0 radical (unpaired) electrons. The Balaban J connectivity index is 1.78. The van der Waals surface area contributed by atoms with Crippen LogP contribution in [0.2, 0.25) is 0 Å². The van der Waals surface area contributed by atoms with Crippen molar-refractivity contribution in [3.63, 3.8) is 0 Å². The predicted molar refractivity (Wildman–Crippen MR) is 90.4 cm³/mol. The van der Waals surface area contributed by atoms with Crippen molar-refractivity contribution in [3.05, 3.63) is 40.7 Å². The van der Waals surface area contributed by atoms with Crippen LogP contribution in [-0.4, -0.2) is 10.5 Å². The quantitative estimate of drug-likeness (QED) is 0.906. The van der Waals surface area contributed by atoms with Crippen LogP contribution in [0, 0.1) is 11.8 Å². The molecular weight excluding hydrogens is 276 g/mol. The molecule has 1 fully saturated rings. The third-order valence-corrected chi connectivity index (χ3v) is 6.01. The van der Waals surface area contributed by atoms with E-state index in [4.69, 9.17) is 10.7 Å².